The van der Waals surface area contributed by atoms with E-state index in [1.165, 1.54) is 12.8 Å². The number of ether oxygens (including phenoxy) is 1. The van der Waals surface area contributed by atoms with Crippen molar-refractivity contribution in [1.82, 2.24) is 9.66 Å². The summed E-state index contributed by atoms with van der Waals surface area (Å²) in [7, 11) is 0. The summed E-state index contributed by atoms with van der Waals surface area (Å²) in [4.78, 5) is 15.8. The molecule has 1 saturated heterocycles. The molecule has 0 amide bonds. The van der Waals surface area contributed by atoms with E-state index in [1.54, 1.807) is 12.1 Å². The lowest BCUT2D eigenvalue weighted by molar-refractivity contribution is 0.0697. The lowest BCUT2D eigenvalue weighted by Gasteiger charge is -2.31. The van der Waals surface area contributed by atoms with Gasteiger partial charge < -0.3 is 14.9 Å². The van der Waals surface area contributed by atoms with Gasteiger partial charge in [-0.15, -0.1) is 0 Å². The molecule has 2 aliphatic rings. The maximum absolute atomic E-state index is 11.1. The largest absolute Gasteiger partial charge is 0.478 e. The van der Waals surface area contributed by atoms with E-state index in [0.29, 0.717) is 5.92 Å². The second-order valence-electron chi connectivity index (χ2n) is 5.63. The summed E-state index contributed by atoms with van der Waals surface area (Å²) < 4.78 is 7.60. The Balaban J connectivity index is 1.85. The third kappa shape index (κ3) is 2.15. The van der Waals surface area contributed by atoms with Crippen LogP contribution in [0, 0.1) is 0 Å². The highest BCUT2D eigenvalue weighted by atomic mass is 16.5. The van der Waals surface area contributed by atoms with Gasteiger partial charge in [0.2, 0.25) is 0 Å². The van der Waals surface area contributed by atoms with Gasteiger partial charge >= 0.3 is 5.97 Å². The van der Waals surface area contributed by atoms with Gasteiger partial charge in [-0.3, -0.25) is 0 Å². The summed E-state index contributed by atoms with van der Waals surface area (Å²) in [5, 5.41) is 11.4. The summed E-state index contributed by atoms with van der Waals surface area (Å²) in [5.74, 6) is 0.661. The molecule has 1 saturated carbocycles. The van der Waals surface area contributed by atoms with Gasteiger partial charge in [0.15, 0.2) is 0 Å². The molecule has 110 valence electrons. The molecule has 0 bridgehead atoms. The van der Waals surface area contributed by atoms with E-state index >= 15 is 0 Å². The topological polar surface area (TPSA) is 67.6 Å². The summed E-state index contributed by atoms with van der Waals surface area (Å²) in [6, 6.07) is 5.19. The minimum absolute atomic E-state index is 0.288. The fraction of sp³-hybridized carbons (Fsp3) is 0.467. The molecule has 4 rings (SSSR count). The molecule has 6 nitrogen and oxygen atoms in total. The molecule has 0 unspecified atom stereocenters. The molecule has 2 heterocycles. The Kier molecular flexibility index (Phi) is 2.85. The number of aromatic nitrogens is 2. The van der Waals surface area contributed by atoms with Crippen LogP contribution in [0.2, 0.25) is 0 Å². The van der Waals surface area contributed by atoms with Crippen LogP contribution in [0.1, 0.15) is 34.9 Å². The lowest BCUT2D eigenvalue weighted by atomic mass is 10.2. The number of nitrogens with zero attached hydrogens (tertiary/aromatic N) is 3. The number of aromatic carboxylic acids is 1. The van der Waals surface area contributed by atoms with Crippen molar-refractivity contribution in [1.29, 1.82) is 0 Å². The van der Waals surface area contributed by atoms with E-state index in [-0.39, 0.29) is 5.56 Å². The van der Waals surface area contributed by atoms with Crippen molar-refractivity contribution in [3.8, 4) is 0 Å². The van der Waals surface area contributed by atoms with Crippen molar-refractivity contribution >= 4 is 17.0 Å². The highest BCUT2D eigenvalue weighted by Gasteiger charge is 2.31. The maximum Gasteiger partial charge on any atom is 0.335 e. The molecule has 6 heteroatoms. The molecule has 2 aromatic rings. The van der Waals surface area contributed by atoms with Crippen LogP contribution in [0.4, 0.5) is 0 Å². The molecule has 0 spiro atoms. The number of morpholine rings is 1. The van der Waals surface area contributed by atoms with E-state index in [9.17, 15) is 4.79 Å². The van der Waals surface area contributed by atoms with Crippen molar-refractivity contribution in [3.05, 3.63) is 29.6 Å². The number of fused-ring (bicyclic) bond motifs is 1. The van der Waals surface area contributed by atoms with Crippen LogP contribution in [0.25, 0.3) is 11.0 Å². The number of carboxylic acid groups (broad SMARTS) is 1. The molecule has 21 heavy (non-hydrogen) atoms. The highest BCUT2D eigenvalue weighted by Crippen LogP contribution is 2.40. The Labute approximate surface area is 121 Å². The van der Waals surface area contributed by atoms with Gasteiger partial charge in [-0.2, -0.15) is 0 Å². The number of imidazole rings is 1. The van der Waals surface area contributed by atoms with Gasteiger partial charge in [0.25, 0.3) is 0 Å². The second-order valence-corrected chi connectivity index (χ2v) is 5.63. The molecule has 2 fully saturated rings. The molecule has 0 atom stereocenters. The van der Waals surface area contributed by atoms with Crippen LogP contribution in [0.3, 0.4) is 0 Å². The minimum atomic E-state index is -0.911. The molecular formula is C15H17N3O3. The van der Waals surface area contributed by atoms with Crippen molar-refractivity contribution in [2.75, 3.05) is 31.3 Å². The lowest BCUT2D eigenvalue weighted by Crippen LogP contribution is -2.44. The molecule has 1 N–H and O–H groups in total. The standard InChI is InChI=1S/C15H17N3O3/c19-15(20)11-3-4-13-12(9-11)16-14(10-1-2-10)18(13)17-5-7-21-8-6-17/h3-4,9-10H,1-2,5-8H2,(H,19,20). The fourth-order valence-electron chi connectivity index (χ4n) is 2.88. The van der Waals surface area contributed by atoms with Crippen LogP contribution in [0.15, 0.2) is 18.2 Å². The Bertz CT molecular complexity index is 699. The van der Waals surface area contributed by atoms with Crippen LogP contribution < -0.4 is 5.01 Å². The van der Waals surface area contributed by atoms with E-state index in [1.807, 2.05) is 6.07 Å². The zero-order chi connectivity index (χ0) is 14.4. The maximum atomic E-state index is 11.1. The monoisotopic (exact) mass is 287 g/mol. The van der Waals surface area contributed by atoms with Crippen LogP contribution in [0.5, 0.6) is 0 Å². The summed E-state index contributed by atoms with van der Waals surface area (Å²) in [6.07, 6.45) is 2.33. The van der Waals surface area contributed by atoms with Crippen LogP contribution in [-0.2, 0) is 4.74 Å². The predicted octanol–water partition coefficient (Wildman–Crippen LogP) is 1.58. The van der Waals surface area contributed by atoms with Crippen molar-refractivity contribution in [2.45, 2.75) is 18.8 Å². The van der Waals surface area contributed by atoms with Crippen LogP contribution >= 0.6 is 0 Å². The van der Waals surface area contributed by atoms with Crippen molar-refractivity contribution in [2.24, 2.45) is 0 Å². The Morgan fingerprint density at radius 2 is 2.05 bits per heavy atom. The van der Waals surface area contributed by atoms with Crippen LogP contribution in [-0.4, -0.2) is 47.0 Å². The Hall–Kier alpha value is -2.08. The number of rotatable bonds is 3. The molecule has 0 radical (unpaired) electrons. The SMILES string of the molecule is O=C(O)c1ccc2c(c1)nc(C1CC1)n2N1CCOCC1. The van der Waals surface area contributed by atoms with E-state index in [2.05, 4.69) is 9.69 Å². The number of benzene rings is 1. The van der Waals surface area contributed by atoms with Gasteiger partial charge in [-0.25, -0.2) is 14.5 Å². The normalized spacial score (nSPS) is 19.1. The zero-order valence-corrected chi connectivity index (χ0v) is 11.7. The average molecular weight is 287 g/mol. The predicted molar refractivity (Wildman–Crippen MR) is 77.4 cm³/mol. The van der Waals surface area contributed by atoms with Gasteiger partial charge in [-0.1, -0.05) is 0 Å². The van der Waals surface area contributed by atoms with Gasteiger partial charge in [0, 0.05) is 5.92 Å². The van der Waals surface area contributed by atoms with Gasteiger partial charge in [-0.05, 0) is 31.0 Å². The van der Waals surface area contributed by atoms with Crippen molar-refractivity contribution in [3.63, 3.8) is 0 Å². The fourth-order valence-corrected chi connectivity index (χ4v) is 2.88. The first-order valence-corrected chi connectivity index (χ1v) is 7.33. The smallest absolute Gasteiger partial charge is 0.335 e. The number of hydrogen-bond donors (Lipinski definition) is 1. The quantitative estimate of drug-likeness (QED) is 0.928. The molecule has 1 aliphatic carbocycles. The molecule has 1 aromatic heterocycles. The Morgan fingerprint density at radius 1 is 1.29 bits per heavy atom. The second kappa shape index (κ2) is 4.73. The highest BCUT2D eigenvalue weighted by molar-refractivity contribution is 5.92. The summed E-state index contributed by atoms with van der Waals surface area (Å²) in [5.41, 5.74) is 2.04. The molecule has 1 aliphatic heterocycles. The summed E-state index contributed by atoms with van der Waals surface area (Å²) >= 11 is 0. The average Bonchev–Trinajstić information content (AvgIpc) is 3.28. The van der Waals surface area contributed by atoms with Crippen molar-refractivity contribution < 1.29 is 14.6 Å². The number of carboxylic acids is 1. The minimum Gasteiger partial charge on any atom is -0.478 e. The first-order chi connectivity index (χ1) is 10.2. The zero-order valence-electron chi connectivity index (χ0n) is 11.7. The molecular weight excluding hydrogens is 270 g/mol. The Morgan fingerprint density at radius 3 is 2.71 bits per heavy atom. The van der Waals surface area contributed by atoms with Gasteiger partial charge in [0.1, 0.15) is 5.82 Å². The first kappa shape index (κ1) is 12.6. The number of hydrogen-bond acceptors (Lipinski definition) is 4. The number of carbonyl (C=O) groups is 1. The third-order valence-corrected chi connectivity index (χ3v) is 4.12. The third-order valence-electron chi connectivity index (χ3n) is 4.12. The van der Waals surface area contributed by atoms with E-state index in [0.717, 1.165) is 43.2 Å². The first-order valence-electron chi connectivity index (χ1n) is 7.33. The van der Waals surface area contributed by atoms with Gasteiger partial charge in [0.05, 0.1) is 42.9 Å². The van der Waals surface area contributed by atoms with E-state index in [4.69, 9.17) is 14.8 Å². The summed E-state index contributed by atoms with van der Waals surface area (Å²) in [6.45, 7) is 3.12. The molecule has 1 aromatic carbocycles. The van der Waals surface area contributed by atoms with E-state index < -0.39 is 5.97 Å².